The molecule has 102 valence electrons. The third-order valence-corrected chi connectivity index (χ3v) is 3.25. The zero-order chi connectivity index (χ0) is 14.0. The Labute approximate surface area is 105 Å². The molecule has 0 aromatic carbocycles. The van der Waals surface area contributed by atoms with Crippen molar-refractivity contribution >= 4 is 5.91 Å². The smallest absolute Gasteiger partial charge is 0.229 e. The van der Waals surface area contributed by atoms with E-state index in [1.165, 1.54) is 19.7 Å². The Kier molecular flexibility index (Phi) is 4.37. The van der Waals surface area contributed by atoms with Gasteiger partial charge >= 0.3 is 12.1 Å². The van der Waals surface area contributed by atoms with Gasteiger partial charge in [0, 0.05) is 6.42 Å². The molecule has 0 atom stereocenters. The molecule has 1 aliphatic carbocycles. The fourth-order valence-corrected chi connectivity index (χ4v) is 2.11. The molecule has 1 rings (SSSR count). The van der Waals surface area contributed by atoms with Crippen molar-refractivity contribution in [1.29, 1.82) is 0 Å². The van der Waals surface area contributed by atoms with Crippen molar-refractivity contribution in [2.24, 2.45) is 0 Å². The second-order valence-electron chi connectivity index (χ2n) is 4.99. The Morgan fingerprint density at radius 2 is 1.89 bits per heavy atom. The van der Waals surface area contributed by atoms with Crippen LogP contribution in [0.15, 0.2) is 23.4 Å². The second-order valence-corrected chi connectivity index (χ2v) is 4.99. The van der Waals surface area contributed by atoms with Gasteiger partial charge in [0.25, 0.3) is 0 Å². The summed E-state index contributed by atoms with van der Waals surface area (Å²) in [6.07, 6.45) is 1.97. The molecule has 0 aliphatic heterocycles. The van der Waals surface area contributed by atoms with Gasteiger partial charge < -0.3 is 0 Å². The van der Waals surface area contributed by atoms with Crippen molar-refractivity contribution in [3.8, 4) is 0 Å². The van der Waals surface area contributed by atoms with E-state index in [0.717, 1.165) is 19.3 Å². The molecule has 2 nitrogen and oxygen atoms in total. The average molecular weight is 262 g/mol. The number of hydrogen-bond donors (Lipinski definition) is 0. The molecule has 0 radical (unpaired) electrons. The highest BCUT2D eigenvalue weighted by Gasteiger charge is 2.52. The first-order chi connectivity index (χ1) is 8.19. The zero-order valence-corrected chi connectivity index (χ0v) is 11.0. The lowest BCUT2D eigenvalue weighted by molar-refractivity contribution is -0.781. The van der Waals surface area contributed by atoms with Gasteiger partial charge in [-0.15, -0.1) is 0 Å². The summed E-state index contributed by atoms with van der Waals surface area (Å²) in [5, 5.41) is 0. The molecule has 0 heterocycles. The molecular weight excluding hydrogens is 243 g/mol. The predicted octanol–water partition coefficient (Wildman–Crippen LogP) is 3.56. The summed E-state index contributed by atoms with van der Waals surface area (Å²) in [7, 11) is 2.58. The molecule has 0 bridgehead atoms. The molecule has 18 heavy (non-hydrogen) atoms. The fraction of sp³-hybridized carbons (Fsp3) is 0.615. The number of halogens is 3. The molecule has 5 heteroatoms. The highest BCUT2D eigenvalue weighted by molar-refractivity contribution is 5.76. The normalized spacial score (nSPS) is 17.2. The molecule has 1 aliphatic rings. The Morgan fingerprint density at radius 3 is 2.28 bits per heavy atom. The lowest BCUT2D eigenvalue weighted by Crippen LogP contribution is -2.51. The number of carbonyl (C=O) groups excluding carboxylic acids is 1. The number of carbonyl (C=O) groups is 1. The maximum Gasteiger partial charge on any atom is 0.509 e. The van der Waals surface area contributed by atoms with Gasteiger partial charge in [-0.1, -0.05) is 25.0 Å². The van der Waals surface area contributed by atoms with Crippen LogP contribution in [0.3, 0.4) is 0 Å². The molecule has 0 saturated carbocycles. The van der Waals surface area contributed by atoms with E-state index < -0.39 is 16.6 Å². The molecule has 0 aromatic heterocycles. The van der Waals surface area contributed by atoms with Crippen molar-refractivity contribution in [2.75, 3.05) is 14.1 Å². The van der Waals surface area contributed by atoms with E-state index in [1.807, 2.05) is 6.08 Å². The van der Waals surface area contributed by atoms with Gasteiger partial charge in [-0.25, -0.2) is 9.28 Å². The molecular formula is C13H19F3NO+. The first kappa shape index (κ1) is 15.0. The third-order valence-electron chi connectivity index (χ3n) is 3.25. The average Bonchev–Trinajstić information content (AvgIpc) is 2.28. The number of quaternary nitrogens is 1. The van der Waals surface area contributed by atoms with E-state index in [0.29, 0.717) is 12.1 Å². The number of allylic oxidation sites excluding steroid dienone is 4. The van der Waals surface area contributed by atoms with Gasteiger partial charge in [-0.2, -0.15) is 13.2 Å². The topological polar surface area (TPSA) is 17.1 Å². The highest BCUT2D eigenvalue weighted by Crippen LogP contribution is 2.31. The lowest BCUT2D eigenvalue weighted by atomic mass is 9.97. The summed E-state index contributed by atoms with van der Waals surface area (Å²) in [6, 6.07) is 0. The standard InChI is InChI=1S/C13H19F3NO/c1-4-5-10-6-8-11(9-7-10)17(2,3)12(18)13(14,15)16/h6,8H,4-5,7,9H2,1-3H3/q+1. The number of hydrogen-bond acceptors (Lipinski definition) is 1. The SMILES string of the molecule is CCCC1=CC=C([N+](C)(C)C(=O)C(F)(F)F)CC1. The number of amides is 1. The van der Waals surface area contributed by atoms with Crippen LogP contribution >= 0.6 is 0 Å². The van der Waals surface area contributed by atoms with Gasteiger partial charge in [0.1, 0.15) is 5.70 Å². The van der Waals surface area contributed by atoms with Crippen LogP contribution in [0, 0.1) is 0 Å². The van der Waals surface area contributed by atoms with Crippen LogP contribution in [0.1, 0.15) is 32.6 Å². The van der Waals surface area contributed by atoms with E-state index in [9.17, 15) is 18.0 Å². The number of rotatable bonds is 3. The Balaban J connectivity index is 2.91. The Morgan fingerprint density at radius 1 is 1.28 bits per heavy atom. The van der Waals surface area contributed by atoms with Crippen LogP contribution in [0.2, 0.25) is 0 Å². The second kappa shape index (κ2) is 5.26. The van der Waals surface area contributed by atoms with E-state index in [-0.39, 0.29) is 0 Å². The lowest BCUT2D eigenvalue weighted by Gasteiger charge is -2.30. The van der Waals surface area contributed by atoms with Crippen molar-refractivity contribution in [3.05, 3.63) is 23.4 Å². The van der Waals surface area contributed by atoms with Crippen molar-refractivity contribution in [3.63, 3.8) is 0 Å². The summed E-state index contributed by atoms with van der Waals surface area (Å²) in [6.45, 7) is 2.06. The minimum absolute atomic E-state index is 0.511. The van der Waals surface area contributed by atoms with Crippen LogP contribution in [0.4, 0.5) is 13.2 Å². The quantitative estimate of drug-likeness (QED) is 0.711. The maximum absolute atomic E-state index is 12.5. The monoisotopic (exact) mass is 262 g/mol. The predicted molar refractivity (Wildman–Crippen MR) is 63.5 cm³/mol. The summed E-state index contributed by atoms with van der Waals surface area (Å²) in [5.74, 6) is -1.72. The van der Waals surface area contributed by atoms with Gasteiger partial charge in [0.05, 0.1) is 14.1 Å². The Bertz CT molecular complexity index is 392. The van der Waals surface area contributed by atoms with Crippen LogP contribution in [-0.2, 0) is 4.79 Å². The molecule has 1 amide bonds. The minimum atomic E-state index is -4.79. The van der Waals surface area contributed by atoms with E-state index in [1.54, 1.807) is 6.08 Å². The van der Waals surface area contributed by atoms with Crippen molar-refractivity contribution in [2.45, 2.75) is 38.8 Å². The molecule has 0 aromatic rings. The first-order valence-corrected chi connectivity index (χ1v) is 6.04. The first-order valence-electron chi connectivity index (χ1n) is 6.04. The van der Waals surface area contributed by atoms with Gasteiger partial charge in [-0.05, 0) is 18.9 Å². The van der Waals surface area contributed by atoms with Gasteiger partial charge in [-0.3, -0.25) is 0 Å². The number of nitrogens with zero attached hydrogens (tertiary/aromatic N) is 1. The van der Waals surface area contributed by atoms with E-state index in [2.05, 4.69) is 6.92 Å². The largest absolute Gasteiger partial charge is 0.509 e. The summed E-state index contributed by atoms with van der Waals surface area (Å²) in [5.41, 5.74) is 1.75. The number of alkyl halides is 3. The van der Waals surface area contributed by atoms with Crippen molar-refractivity contribution in [1.82, 2.24) is 0 Å². The molecule has 0 unspecified atom stereocenters. The zero-order valence-electron chi connectivity index (χ0n) is 11.0. The van der Waals surface area contributed by atoms with Gasteiger partial charge in [0.2, 0.25) is 0 Å². The van der Waals surface area contributed by atoms with Crippen LogP contribution in [0.25, 0.3) is 0 Å². The van der Waals surface area contributed by atoms with Crippen LogP contribution in [-0.4, -0.2) is 30.7 Å². The third kappa shape index (κ3) is 3.22. The van der Waals surface area contributed by atoms with Crippen LogP contribution in [0.5, 0.6) is 0 Å². The summed E-state index contributed by atoms with van der Waals surface area (Å²) >= 11 is 0. The minimum Gasteiger partial charge on any atom is -0.229 e. The maximum atomic E-state index is 12.5. The molecule has 0 saturated heterocycles. The summed E-state index contributed by atoms with van der Waals surface area (Å²) < 4.78 is 36.7. The molecule has 0 fully saturated rings. The van der Waals surface area contributed by atoms with Gasteiger partial charge in [0.15, 0.2) is 0 Å². The summed E-state index contributed by atoms with van der Waals surface area (Å²) in [4.78, 5) is 11.4. The fourth-order valence-electron chi connectivity index (χ4n) is 2.11. The highest BCUT2D eigenvalue weighted by atomic mass is 19.4. The Hall–Kier alpha value is -1.10. The molecule has 0 spiro atoms. The van der Waals surface area contributed by atoms with E-state index >= 15 is 0 Å². The molecule has 0 N–H and O–H groups in total. The van der Waals surface area contributed by atoms with E-state index in [4.69, 9.17) is 0 Å². The van der Waals surface area contributed by atoms with Crippen LogP contribution < -0.4 is 0 Å². The van der Waals surface area contributed by atoms with Crippen molar-refractivity contribution < 1.29 is 22.4 Å².